The van der Waals surface area contributed by atoms with Crippen molar-refractivity contribution in [3.8, 4) is 0 Å². The summed E-state index contributed by atoms with van der Waals surface area (Å²) in [7, 11) is 0. The predicted octanol–water partition coefficient (Wildman–Crippen LogP) is 1.44. The average molecular weight is 274 g/mol. The molecule has 0 bridgehead atoms. The number of rotatable bonds is 3. The summed E-state index contributed by atoms with van der Waals surface area (Å²) >= 11 is 0. The average Bonchev–Trinajstić information content (AvgIpc) is 2.94. The van der Waals surface area contributed by atoms with Gasteiger partial charge in [0, 0.05) is 25.7 Å². The van der Waals surface area contributed by atoms with Crippen LogP contribution in [-0.4, -0.2) is 45.5 Å². The number of piperazine rings is 1. The van der Waals surface area contributed by atoms with Gasteiger partial charge in [-0.05, 0) is 18.4 Å². The normalized spacial score (nSPS) is 20.0. The fourth-order valence-electron chi connectivity index (χ4n) is 2.66. The zero-order valence-corrected chi connectivity index (χ0v) is 12.4. The zero-order chi connectivity index (χ0) is 14.1. The fourth-order valence-corrected chi connectivity index (χ4v) is 2.66. The van der Waals surface area contributed by atoms with Crippen molar-refractivity contribution in [2.24, 2.45) is 0 Å². The lowest BCUT2D eigenvalue weighted by Crippen LogP contribution is -2.50. The van der Waals surface area contributed by atoms with E-state index < -0.39 is 0 Å². The van der Waals surface area contributed by atoms with Gasteiger partial charge in [-0.1, -0.05) is 20.8 Å². The second-order valence-corrected chi connectivity index (χ2v) is 5.71. The summed E-state index contributed by atoms with van der Waals surface area (Å²) in [6, 6.07) is 2.72. The van der Waals surface area contributed by atoms with Gasteiger partial charge in [0.25, 0.3) is 0 Å². The van der Waals surface area contributed by atoms with Crippen LogP contribution in [0.15, 0.2) is 12.4 Å². The third kappa shape index (κ3) is 2.35. The molecular weight excluding hydrogens is 252 g/mol. The summed E-state index contributed by atoms with van der Waals surface area (Å²) in [5.41, 5.74) is 3.09. The largest absolute Gasteiger partial charge is 0.366 e. The molecule has 2 aromatic heterocycles. The molecule has 3 rings (SSSR count). The second kappa shape index (κ2) is 5.36. The Morgan fingerprint density at radius 1 is 1.45 bits per heavy atom. The predicted molar refractivity (Wildman–Crippen MR) is 79.2 cm³/mol. The molecule has 1 N–H and O–H groups in total. The van der Waals surface area contributed by atoms with E-state index in [4.69, 9.17) is 0 Å². The van der Waals surface area contributed by atoms with Crippen molar-refractivity contribution >= 4 is 11.3 Å². The molecule has 108 valence electrons. The highest BCUT2D eigenvalue weighted by Gasteiger charge is 2.22. The van der Waals surface area contributed by atoms with Crippen molar-refractivity contribution in [1.29, 1.82) is 0 Å². The van der Waals surface area contributed by atoms with Crippen LogP contribution in [0.4, 0.5) is 5.69 Å². The van der Waals surface area contributed by atoms with Crippen molar-refractivity contribution < 1.29 is 0 Å². The number of fused-ring (bicyclic) bond motifs is 1. The Morgan fingerprint density at radius 3 is 3.05 bits per heavy atom. The molecule has 6 heteroatoms. The highest BCUT2D eigenvalue weighted by Crippen LogP contribution is 2.25. The first-order valence-corrected chi connectivity index (χ1v) is 7.38. The summed E-state index contributed by atoms with van der Waals surface area (Å²) in [4.78, 5) is 2.41. The van der Waals surface area contributed by atoms with Gasteiger partial charge in [0.05, 0.1) is 11.4 Å². The molecule has 0 aromatic carbocycles. The first-order chi connectivity index (χ1) is 9.69. The third-order valence-corrected chi connectivity index (χ3v) is 3.95. The van der Waals surface area contributed by atoms with Gasteiger partial charge in [-0.25, -0.2) is 0 Å². The summed E-state index contributed by atoms with van der Waals surface area (Å²) in [5.74, 6) is 0.394. The maximum absolute atomic E-state index is 4.58. The van der Waals surface area contributed by atoms with Crippen LogP contribution in [0.5, 0.6) is 0 Å². The minimum absolute atomic E-state index is 0.394. The number of hydrogen-bond acceptors (Lipinski definition) is 5. The molecule has 20 heavy (non-hydrogen) atoms. The summed E-state index contributed by atoms with van der Waals surface area (Å²) < 4.78 is 1.80. The monoisotopic (exact) mass is 274 g/mol. The Bertz CT molecular complexity index is 590. The van der Waals surface area contributed by atoms with E-state index in [1.165, 1.54) is 0 Å². The van der Waals surface area contributed by atoms with Gasteiger partial charge in [-0.3, -0.25) is 0 Å². The molecule has 1 atom stereocenters. The molecule has 1 aliphatic heterocycles. The van der Waals surface area contributed by atoms with Crippen LogP contribution >= 0.6 is 0 Å². The van der Waals surface area contributed by atoms with Crippen LogP contribution < -0.4 is 10.2 Å². The van der Waals surface area contributed by atoms with E-state index in [0.29, 0.717) is 12.0 Å². The number of anilines is 1. The first-order valence-electron chi connectivity index (χ1n) is 7.38. The van der Waals surface area contributed by atoms with Crippen molar-refractivity contribution in [3.63, 3.8) is 0 Å². The first kappa shape index (κ1) is 13.3. The molecule has 0 spiro atoms. The highest BCUT2D eigenvalue weighted by molar-refractivity contribution is 5.68. The maximum atomic E-state index is 4.58. The van der Waals surface area contributed by atoms with Gasteiger partial charge in [0.1, 0.15) is 6.33 Å². The van der Waals surface area contributed by atoms with Gasteiger partial charge in [0.15, 0.2) is 0 Å². The van der Waals surface area contributed by atoms with Crippen LogP contribution in [0, 0.1) is 0 Å². The molecule has 0 saturated carbocycles. The number of aromatic nitrogens is 4. The van der Waals surface area contributed by atoms with Crippen molar-refractivity contribution in [2.75, 3.05) is 24.5 Å². The van der Waals surface area contributed by atoms with E-state index in [2.05, 4.69) is 52.4 Å². The lowest BCUT2D eigenvalue weighted by atomic mass is 10.1. The zero-order valence-electron chi connectivity index (χ0n) is 12.4. The molecule has 2 aromatic rings. The lowest BCUT2D eigenvalue weighted by Gasteiger charge is -2.35. The molecular formula is C14H22N6. The fraction of sp³-hybridized carbons (Fsp3) is 0.643. The van der Waals surface area contributed by atoms with Crippen LogP contribution in [0.3, 0.4) is 0 Å². The van der Waals surface area contributed by atoms with E-state index >= 15 is 0 Å². The van der Waals surface area contributed by atoms with Gasteiger partial charge in [-0.15, -0.1) is 10.2 Å². The molecule has 6 nitrogen and oxygen atoms in total. The second-order valence-electron chi connectivity index (χ2n) is 5.71. The number of nitrogens with one attached hydrogen (secondary N) is 1. The van der Waals surface area contributed by atoms with Gasteiger partial charge < -0.3 is 10.2 Å². The lowest BCUT2D eigenvalue weighted by molar-refractivity contribution is 0.447. The van der Waals surface area contributed by atoms with Crippen molar-refractivity contribution in [2.45, 2.75) is 39.2 Å². The van der Waals surface area contributed by atoms with Crippen LogP contribution in [-0.2, 0) is 0 Å². The summed E-state index contributed by atoms with van der Waals surface area (Å²) in [6.07, 6.45) is 2.83. The van der Waals surface area contributed by atoms with Gasteiger partial charge >= 0.3 is 0 Å². The smallest absolute Gasteiger partial charge is 0.200 e. The Balaban J connectivity index is 2.02. The molecule has 1 unspecified atom stereocenters. The van der Waals surface area contributed by atoms with Gasteiger partial charge in [-0.2, -0.15) is 9.61 Å². The molecule has 3 heterocycles. The molecule has 0 amide bonds. The summed E-state index contributed by atoms with van der Waals surface area (Å²) in [5, 5.41) is 16.4. The molecule has 0 radical (unpaired) electrons. The van der Waals surface area contributed by atoms with E-state index in [-0.39, 0.29) is 0 Å². The standard InChI is InChI=1S/C14H22N6/c1-4-11-8-19(6-5-15-11)13-7-12(10(2)3)18-20-9-16-17-14(13)20/h7,9-11,15H,4-6,8H2,1-3H3. The van der Waals surface area contributed by atoms with E-state index in [0.717, 1.165) is 43.1 Å². The Hall–Kier alpha value is -1.69. The third-order valence-electron chi connectivity index (χ3n) is 3.95. The van der Waals surface area contributed by atoms with Crippen molar-refractivity contribution in [1.82, 2.24) is 25.1 Å². The van der Waals surface area contributed by atoms with Crippen LogP contribution in [0.1, 0.15) is 38.8 Å². The molecule has 1 aliphatic rings. The van der Waals surface area contributed by atoms with Crippen LogP contribution in [0.2, 0.25) is 0 Å². The Morgan fingerprint density at radius 2 is 2.30 bits per heavy atom. The summed E-state index contributed by atoms with van der Waals surface area (Å²) in [6.45, 7) is 9.57. The SMILES string of the molecule is CCC1CN(c2cc(C(C)C)nn3cnnc23)CCN1. The minimum atomic E-state index is 0.394. The Labute approximate surface area is 119 Å². The molecule has 1 fully saturated rings. The topological polar surface area (TPSA) is 58.4 Å². The Kier molecular flexibility index (Phi) is 3.56. The number of hydrogen-bond donors (Lipinski definition) is 1. The van der Waals surface area contributed by atoms with E-state index in [1.807, 2.05) is 0 Å². The molecule has 1 saturated heterocycles. The van der Waals surface area contributed by atoms with Crippen LogP contribution in [0.25, 0.3) is 5.65 Å². The number of nitrogens with zero attached hydrogens (tertiary/aromatic N) is 5. The highest BCUT2D eigenvalue weighted by atomic mass is 15.4. The van der Waals surface area contributed by atoms with E-state index in [9.17, 15) is 0 Å². The van der Waals surface area contributed by atoms with E-state index in [1.54, 1.807) is 10.8 Å². The van der Waals surface area contributed by atoms with Gasteiger partial charge in [0.2, 0.25) is 5.65 Å². The maximum Gasteiger partial charge on any atom is 0.200 e. The van der Waals surface area contributed by atoms with Crippen molar-refractivity contribution in [3.05, 3.63) is 18.1 Å². The minimum Gasteiger partial charge on any atom is -0.366 e. The quantitative estimate of drug-likeness (QED) is 0.917. The molecule has 0 aliphatic carbocycles.